The molecule has 2 heterocycles. The number of para-hydroxylation sites is 1. The van der Waals surface area contributed by atoms with Crippen LogP contribution in [0.15, 0.2) is 60.7 Å². The molecule has 27 heavy (non-hydrogen) atoms. The lowest BCUT2D eigenvalue weighted by Crippen LogP contribution is -2.06. The molecule has 0 atom stereocenters. The first-order valence-corrected chi connectivity index (χ1v) is 8.65. The van der Waals surface area contributed by atoms with E-state index in [9.17, 15) is 9.59 Å². The number of nitrogens with one attached hydrogen (secondary N) is 2. The van der Waals surface area contributed by atoms with Crippen molar-refractivity contribution in [2.24, 2.45) is 0 Å². The maximum Gasteiger partial charge on any atom is 0.355 e. The quantitative estimate of drug-likeness (QED) is 0.543. The molecule has 0 aliphatic carbocycles. The first-order chi connectivity index (χ1) is 13.1. The standard InChI is InChI=1S/C22H18N2O3/c1-14-11-20(22(26)27-13-15-7-3-2-4-8-15)23-19(14)12-17-16-9-5-6-10-18(16)24-21(17)25/h2-12,23H,13H2,1H3,(H,24,25). The molecular formula is C22H18N2O3. The van der Waals surface area contributed by atoms with E-state index in [1.165, 1.54) is 0 Å². The number of carbonyl (C=O) groups excluding carboxylic acids is 2. The Balaban J connectivity index is 1.55. The van der Waals surface area contributed by atoms with Crippen LogP contribution in [0.4, 0.5) is 5.69 Å². The minimum absolute atomic E-state index is 0.154. The van der Waals surface area contributed by atoms with E-state index in [0.29, 0.717) is 17.0 Å². The Morgan fingerprint density at radius 1 is 1.07 bits per heavy atom. The predicted octanol–water partition coefficient (Wildman–Crippen LogP) is 4.17. The number of H-pyrrole nitrogens is 1. The molecule has 1 amide bonds. The number of aryl methyl sites for hydroxylation is 1. The zero-order chi connectivity index (χ0) is 18.8. The van der Waals surface area contributed by atoms with Gasteiger partial charge in [-0.05, 0) is 36.3 Å². The van der Waals surface area contributed by atoms with Gasteiger partial charge in [0.25, 0.3) is 5.91 Å². The van der Waals surface area contributed by atoms with Crippen molar-refractivity contribution in [3.8, 4) is 0 Å². The molecule has 4 rings (SSSR count). The first-order valence-electron chi connectivity index (χ1n) is 8.65. The average Bonchev–Trinajstić information content (AvgIpc) is 3.21. The second-order valence-corrected chi connectivity index (χ2v) is 6.40. The Labute approximate surface area is 156 Å². The van der Waals surface area contributed by atoms with Crippen molar-refractivity contribution >= 4 is 29.2 Å². The predicted molar refractivity (Wildman–Crippen MR) is 104 cm³/mol. The summed E-state index contributed by atoms with van der Waals surface area (Å²) in [5.41, 5.74) is 5.08. The van der Waals surface area contributed by atoms with Crippen LogP contribution in [-0.4, -0.2) is 16.9 Å². The van der Waals surface area contributed by atoms with Gasteiger partial charge in [0.2, 0.25) is 0 Å². The fraction of sp³-hybridized carbons (Fsp3) is 0.0909. The lowest BCUT2D eigenvalue weighted by atomic mass is 10.1. The molecule has 5 nitrogen and oxygen atoms in total. The Kier molecular flexibility index (Phi) is 4.34. The fourth-order valence-electron chi connectivity index (χ4n) is 3.06. The molecule has 0 bridgehead atoms. The van der Waals surface area contributed by atoms with Crippen molar-refractivity contribution in [1.82, 2.24) is 4.98 Å². The summed E-state index contributed by atoms with van der Waals surface area (Å²) in [6.45, 7) is 2.10. The van der Waals surface area contributed by atoms with Gasteiger partial charge in [-0.3, -0.25) is 4.79 Å². The number of benzene rings is 2. The van der Waals surface area contributed by atoms with E-state index < -0.39 is 5.97 Å². The van der Waals surface area contributed by atoms with Gasteiger partial charge in [-0.1, -0.05) is 48.5 Å². The van der Waals surface area contributed by atoms with Gasteiger partial charge in [0, 0.05) is 16.9 Å². The number of hydrogen-bond donors (Lipinski definition) is 2. The van der Waals surface area contributed by atoms with Crippen molar-refractivity contribution in [3.05, 3.63) is 88.7 Å². The SMILES string of the molecule is Cc1cc(C(=O)OCc2ccccc2)[nH]c1C=C1C(=O)Nc2ccccc21. The van der Waals surface area contributed by atoms with Crippen LogP contribution in [0.25, 0.3) is 11.6 Å². The largest absolute Gasteiger partial charge is 0.456 e. The number of ether oxygens (including phenoxy) is 1. The molecule has 0 unspecified atom stereocenters. The van der Waals surface area contributed by atoms with Crippen LogP contribution in [0.5, 0.6) is 0 Å². The number of aromatic amines is 1. The number of aromatic nitrogens is 1. The van der Waals surface area contributed by atoms with Crippen LogP contribution >= 0.6 is 0 Å². The molecule has 0 spiro atoms. The normalized spacial score (nSPS) is 14.1. The highest BCUT2D eigenvalue weighted by molar-refractivity contribution is 6.34. The minimum atomic E-state index is -0.428. The highest BCUT2D eigenvalue weighted by Crippen LogP contribution is 2.33. The van der Waals surface area contributed by atoms with Crippen LogP contribution in [0.1, 0.15) is 32.9 Å². The molecule has 5 heteroatoms. The van der Waals surface area contributed by atoms with Gasteiger partial charge in [0.1, 0.15) is 12.3 Å². The van der Waals surface area contributed by atoms with E-state index in [-0.39, 0.29) is 12.5 Å². The number of anilines is 1. The van der Waals surface area contributed by atoms with Crippen LogP contribution in [0, 0.1) is 6.92 Å². The molecule has 1 aliphatic rings. The molecule has 0 radical (unpaired) electrons. The molecule has 1 aromatic heterocycles. The third-order valence-corrected chi connectivity index (χ3v) is 4.49. The average molecular weight is 358 g/mol. The second kappa shape index (κ2) is 6.96. The van der Waals surface area contributed by atoms with Gasteiger partial charge < -0.3 is 15.0 Å². The monoisotopic (exact) mass is 358 g/mol. The van der Waals surface area contributed by atoms with E-state index in [2.05, 4.69) is 10.3 Å². The number of amides is 1. The van der Waals surface area contributed by atoms with E-state index in [4.69, 9.17) is 4.74 Å². The highest BCUT2D eigenvalue weighted by atomic mass is 16.5. The summed E-state index contributed by atoms with van der Waals surface area (Å²) in [6.07, 6.45) is 1.77. The summed E-state index contributed by atoms with van der Waals surface area (Å²) in [4.78, 5) is 27.7. The van der Waals surface area contributed by atoms with Gasteiger partial charge >= 0.3 is 5.97 Å². The minimum Gasteiger partial charge on any atom is -0.456 e. The van der Waals surface area contributed by atoms with Crippen molar-refractivity contribution in [2.75, 3.05) is 5.32 Å². The van der Waals surface area contributed by atoms with Crippen LogP contribution in [-0.2, 0) is 16.1 Å². The molecule has 0 saturated heterocycles. The van der Waals surface area contributed by atoms with Gasteiger partial charge in [-0.2, -0.15) is 0 Å². The topological polar surface area (TPSA) is 71.2 Å². The fourth-order valence-corrected chi connectivity index (χ4v) is 3.06. The number of carbonyl (C=O) groups is 2. The summed E-state index contributed by atoms with van der Waals surface area (Å²) in [5, 5.41) is 2.84. The summed E-state index contributed by atoms with van der Waals surface area (Å²) < 4.78 is 5.36. The zero-order valence-corrected chi connectivity index (χ0v) is 14.8. The third kappa shape index (κ3) is 3.40. The Hall–Kier alpha value is -3.60. The smallest absolute Gasteiger partial charge is 0.355 e. The molecular weight excluding hydrogens is 340 g/mol. The number of rotatable bonds is 4. The Morgan fingerprint density at radius 2 is 1.81 bits per heavy atom. The maximum atomic E-state index is 12.3. The maximum absolute atomic E-state index is 12.3. The molecule has 3 aromatic rings. The van der Waals surface area contributed by atoms with Crippen molar-refractivity contribution in [1.29, 1.82) is 0 Å². The summed E-state index contributed by atoms with van der Waals surface area (Å²) in [6, 6.07) is 18.8. The third-order valence-electron chi connectivity index (χ3n) is 4.49. The summed E-state index contributed by atoms with van der Waals surface area (Å²) >= 11 is 0. The van der Waals surface area contributed by atoms with Gasteiger partial charge in [0.05, 0.1) is 5.57 Å². The van der Waals surface area contributed by atoms with Crippen LogP contribution in [0.2, 0.25) is 0 Å². The van der Waals surface area contributed by atoms with Gasteiger partial charge in [-0.25, -0.2) is 4.79 Å². The lowest BCUT2D eigenvalue weighted by molar-refractivity contribution is -0.110. The van der Waals surface area contributed by atoms with Crippen molar-refractivity contribution < 1.29 is 14.3 Å². The van der Waals surface area contributed by atoms with Crippen LogP contribution in [0.3, 0.4) is 0 Å². The second-order valence-electron chi connectivity index (χ2n) is 6.40. The summed E-state index contributed by atoms with van der Waals surface area (Å²) in [7, 11) is 0. The molecule has 0 fully saturated rings. The number of fused-ring (bicyclic) bond motifs is 1. The summed E-state index contributed by atoms with van der Waals surface area (Å²) in [5.74, 6) is -0.582. The van der Waals surface area contributed by atoms with E-state index >= 15 is 0 Å². The van der Waals surface area contributed by atoms with E-state index in [1.807, 2.05) is 61.5 Å². The number of esters is 1. The zero-order valence-electron chi connectivity index (χ0n) is 14.8. The highest BCUT2D eigenvalue weighted by Gasteiger charge is 2.24. The Bertz CT molecular complexity index is 1050. The van der Waals surface area contributed by atoms with E-state index in [0.717, 1.165) is 22.4 Å². The number of hydrogen-bond acceptors (Lipinski definition) is 3. The van der Waals surface area contributed by atoms with E-state index in [1.54, 1.807) is 12.1 Å². The molecule has 134 valence electrons. The molecule has 2 N–H and O–H groups in total. The molecule has 0 saturated carbocycles. The lowest BCUT2D eigenvalue weighted by Gasteiger charge is -2.03. The molecule has 2 aromatic carbocycles. The van der Waals surface area contributed by atoms with Gasteiger partial charge in [0.15, 0.2) is 0 Å². The first kappa shape index (κ1) is 16.8. The van der Waals surface area contributed by atoms with Crippen LogP contribution < -0.4 is 5.32 Å². The van der Waals surface area contributed by atoms with Crippen molar-refractivity contribution in [3.63, 3.8) is 0 Å². The Morgan fingerprint density at radius 3 is 2.63 bits per heavy atom. The van der Waals surface area contributed by atoms with Gasteiger partial charge in [-0.15, -0.1) is 0 Å². The van der Waals surface area contributed by atoms with Crippen molar-refractivity contribution in [2.45, 2.75) is 13.5 Å². The molecule has 1 aliphatic heterocycles.